The smallest absolute Gasteiger partial charge is 0.356 e. The molecule has 88 valence electrons. The molecule has 2 rings (SSSR count). The number of methoxy groups -OCH3 is 1. The van der Waals surface area contributed by atoms with Gasteiger partial charge in [-0.05, 0) is 13.0 Å². The molecule has 0 aliphatic carbocycles. The molecule has 1 heterocycles. The Kier molecular flexibility index (Phi) is 3.23. The third-order valence-electron chi connectivity index (χ3n) is 2.54. The largest absolute Gasteiger partial charge is 0.464 e. The fourth-order valence-corrected chi connectivity index (χ4v) is 1.68. The molecule has 0 N–H and O–H groups in total. The van der Waals surface area contributed by atoms with Gasteiger partial charge in [-0.3, -0.25) is 4.68 Å². The minimum absolute atomic E-state index is 0.360. The summed E-state index contributed by atoms with van der Waals surface area (Å²) >= 11 is 0. The number of aryl methyl sites for hydroxylation is 1. The van der Waals surface area contributed by atoms with Crippen molar-refractivity contribution >= 4 is 5.97 Å². The van der Waals surface area contributed by atoms with Gasteiger partial charge in [-0.25, -0.2) is 4.79 Å². The molecule has 1 aromatic heterocycles. The Morgan fingerprint density at radius 1 is 1.35 bits per heavy atom. The van der Waals surface area contributed by atoms with Crippen LogP contribution in [0, 0.1) is 0 Å². The van der Waals surface area contributed by atoms with Crippen molar-refractivity contribution in [1.82, 2.24) is 9.78 Å². The first-order valence-corrected chi connectivity index (χ1v) is 5.48. The molecule has 0 aliphatic heterocycles. The number of aromatic nitrogens is 2. The quantitative estimate of drug-likeness (QED) is 0.760. The lowest BCUT2D eigenvalue weighted by Crippen LogP contribution is -2.10. The SMILES string of the molecule is CCn1nc(-c2ccccc2)cc1C(=O)OC. The van der Waals surface area contributed by atoms with E-state index in [-0.39, 0.29) is 5.97 Å². The number of benzene rings is 1. The Hall–Kier alpha value is -2.10. The van der Waals surface area contributed by atoms with Crippen LogP contribution in [-0.4, -0.2) is 22.9 Å². The molecule has 0 spiro atoms. The van der Waals surface area contributed by atoms with E-state index in [4.69, 9.17) is 4.74 Å². The number of carbonyl (C=O) groups excluding carboxylic acids is 1. The summed E-state index contributed by atoms with van der Waals surface area (Å²) in [5, 5.41) is 4.38. The molecule has 0 fully saturated rings. The van der Waals surface area contributed by atoms with Crippen LogP contribution in [-0.2, 0) is 11.3 Å². The highest BCUT2D eigenvalue weighted by Crippen LogP contribution is 2.19. The first kappa shape index (κ1) is 11.4. The lowest BCUT2D eigenvalue weighted by molar-refractivity contribution is 0.0587. The van der Waals surface area contributed by atoms with E-state index >= 15 is 0 Å². The summed E-state index contributed by atoms with van der Waals surface area (Å²) in [4.78, 5) is 11.6. The van der Waals surface area contributed by atoms with Crippen LogP contribution in [0.2, 0.25) is 0 Å². The van der Waals surface area contributed by atoms with Crippen LogP contribution in [0.4, 0.5) is 0 Å². The van der Waals surface area contributed by atoms with Gasteiger partial charge in [-0.2, -0.15) is 5.10 Å². The maximum Gasteiger partial charge on any atom is 0.356 e. The fraction of sp³-hybridized carbons (Fsp3) is 0.231. The molecule has 0 saturated heterocycles. The topological polar surface area (TPSA) is 44.1 Å². The number of hydrogen-bond donors (Lipinski definition) is 0. The number of esters is 1. The van der Waals surface area contributed by atoms with E-state index in [0.717, 1.165) is 11.3 Å². The Balaban J connectivity index is 2.45. The predicted octanol–water partition coefficient (Wildman–Crippen LogP) is 2.36. The molecule has 1 aromatic carbocycles. The van der Waals surface area contributed by atoms with E-state index in [2.05, 4.69) is 5.10 Å². The Morgan fingerprint density at radius 2 is 2.06 bits per heavy atom. The van der Waals surface area contributed by atoms with Gasteiger partial charge in [0.1, 0.15) is 5.69 Å². The summed E-state index contributed by atoms with van der Waals surface area (Å²) in [7, 11) is 1.37. The highest BCUT2D eigenvalue weighted by Gasteiger charge is 2.15. The summed E-state index contributed by atoms with van der Waals surface area (Å²) < 4.78 is 6.38. The average molecular weight is 230 g/mol. The van der Waals surface area contributed by atoms with Crippen molar-refractivity contribution in [1.29, 1.82) is 0 Å². The molecule has 0 atom stereocenters. The zero-order chi connectivity index (χ0) is 12.3. The molecule has 17 heavy (non-hydrogen) atoms. The standard InChI is InChI=1S/C13H14N2O2/c1-3-15-12(13(16)17-2)9-11(14-15)10-7-5-4-6-8-10/h4-9H,3H2,1-2H3. The zero-order valence-corrected chi connectivity index (χ0v) is 9.88. The minimum Gasteiger partial charge on any atom is -0.464 e. The minimum atomic E-state index is -0.360. The molecule has 0 aliphatic rings. The number of nitrogens with zero attached hydrogens (tertiary/aromatic N) is 2. The monoisotopic (exact) mass is 230 g/mol. The first-order chi connectivity index (χ1) is 8.26. The average Bonchev–Trinajstić information content (AvgIpc) is 2.83. The third-order valence-corrected chi connectivity index (χ3v) is 2.54. The predicted molar refractivity (Wildman–Crippen MR) is 64.7 cm³/mol. The van der Waals surface area contributed by atoms with E-state index < -0.39 is 0 Å². The van der Waals surface area contributed by atoms with Crippen LogP contribution in [0.5, 0.6) is 0 Å². The summed E-state index contributed by atoms with van der Waals surface area (Å²) in [6, 6.07) is 11.5. The molecule has 0 unspecified atom stereocenters. The van der Waals surface area contributed by atoms with Gasteiger partial charge in [-0.15, -0.1) is 0 Å². The second-order valence-corrected chi connectivity index (χ2v) is 3.59. The lowest BCUT2D eigenvalue weighted by Gasteiger charge is -2.00. The van der Waals surface area contributed by atoms with Gasteiger partial charge < -0.3 is 4.74 Å². The summed E-state index contributed by atoms with van der Waals surface area (Å²) in [5.41, 5.74) is 2.26. The summed E-state index contributed by atoms with van der Waals surface area (Å²) in [5.74, 6) is -0.360. The molecule has 0 radical (unpaired) electrons. The second-order valence-electron chi connectivity index (χ2n) is 3.59. The highest BCUT2D eigenvalue weighted by molar-refractivity contribution is 5.88. The van der Waals surface area contributed by atoms with Crippen LogP contribution in [0.25, 0.3) is 11.3 Å². The van der Waals surface area contributed by atoms with E-state index in [1.807, 2.05) is 37.3 Å². The molecular weight excluding hydrogens is 216 g/mol. The van der Waals surface area contributed by atoms with Crippen LogP contribution in [0.1, 0.15) is 17.4 Å². The van der Waals surface area contributed by atoms with Crippen molar-refractivity contribution in [2.75, 3.05) is 7.11 Å². The van der Waals surface area contributed by atoms with Gasteiger partial charge in [0, 0.05) is 12.1 Å². The van der Waals surface area contributed by atoms with E-state index in [1.165, 1.54) is 7.11 Å². The molecule has 4 nitrogen and oxygen atoms in total. The van der Waals surface area contributed by atoms with Crippen LogP contribution in [0.3, 0.4) is 0 Å². The van der Waals surface area contributed by atoms with Gasteiger partial charge >= 0.3 is 5.97 Å². The highest BCUT2D eigenvalue weighted by atomic mass is 16.5. The van der Waals surface area contributed by atoms with Gasteiger partial charge in [0.2, 0.25) is 0 Å². The number of ether oxygens (including phenoxy) is 1. The van der Waals surface area contributed by atoms with Crippen molar-refractivity contribution in [3.05, 3.63) is 42.1 Å². The second kappa shape index (κ2) is 4.82. The van der Waals surface area contributed by atoms with Gasteiger partial charge in [-0.1, -0.05) is 30.3 Å². The van der Waals surface area contributed by atoms with Crippen molar-refractivity contribution < 1.29 is 9.53 Å². The molecular formula is C13H14N2O2. The molecule has 0 saturated carbocycles. The van der Waals surface area contributed by atoms with Crippen LogP contribution in [0.15, 0.2) is 36.4 Å². The van der Waals surface area contributed by atoms with Gasteiger partial charge in [0.25, 0.3) is 0 Å². The Bertz CT molecular complexity index is 517. The Morgan fingerprint density at radius 3 is 2.65 bits per heavy atom. The van der Waals surface area contributed by atoms with Gasteiger partial charge in [0.15, 0.2) is 0 Å². The maximum absolute atomic E-state index is 11.6. The van der Waals surface area contributed by atoms with Crippen molar-refractivity contribution in [3.63, 3.8) is 0 Å². The maximum atomic E-state index is 11.6. The van der Waals surface area contributed by atoms with E-state index in [9.17, 15) is 4.79 Å². The van der Waals surface area contributed by atoms with Crippen molar-refractivity contribution in [3.8, 4) is 11.3 Å². The van der Waals surface area contributed by atoms with Crippen LogP contribution >= 0.6 is 0 Å². The number of hydrogen-bond acceptors (Lipinski definition) is 3. The first-order valence-electron chi connectivity index (χ1n) is 5.48. The molecule has 2 aromatic rings. The van der Waals surface area contributed by atoms with E-state index in [1.54, 1.807) is 10.7 Å². The van der Waals surface area contributed by atoms with E-state index in [0.29, 0.717) is 12.2 Å². The van der Waals surface area contributed by atoms with Crippen LogP contribution < -0.4 is 0 Å². The molecule has 4 heteroatoms. The molecule has 0 bridgehead atoms. The van der Waals surface area contributed by atoms with Crippen molar-refractivity contribution in [2.45, 2.75) is 13.5 Å². The summed E-state index contributed by atoms with van der Waals surface area (Å²) in [6.45, 7) is 2.57. The third kappa shape index (κ3) is 2.20. The molecule has 0 amide bonds. The number of carbonyl (C=O) groups is 1. The fourth-order valence-electron chi connectivity index (χ4n) is 1.68. The zero-order valence-electron chi connectivity index (χ0n) is 9.88. The normalized spacial score (nSPS) is 10.2. The van der Waals surface area contributed by atoms with Gasteiger partial charge in [0.05, 0.1) is 12.8 Å². The lowest BCUT2D eigenvalue weighted by atomic mass is 10.1. The summed E-state index contributed by atoms with van der Waals surface area (Å²) in [6.07, 6.45) is 0. The Labute approximate surface area is 99.8 Å². The number of rotatable bonds is 3. The van der Waals surface area contributed by atoms with Crippen molar-refractivity contribution in [2.24, 2.45) is 0 Å².